The number of nitrogens with zero attached hydrogens (tertiary/aromatic N) is 2. The molecule has 1 fully saturated rings. The van der Waals surface area contributed by atoms with Crippen molar-refractivity contribution in [1.82, 2.24) is 20.4 Å². The van der Waals surface area contributed by atoms with Crippen molar-refractivity contribution in [3.8, 4) is 0 Å². The van der Waals surface area contributed by atoms with E-state index in [4.69, 9.17) is 0 Å². The minimum Gasteiger partial charge on any atom is -0.392 e. The summed E-state index contributed by atoms with van der Waals surface area (Å²) in [4.78, 5) is 12.0. The summed E-state index contributed by atoms with van der Waals surface area (Å²) in [6, 6.07) is 9.81. The van der Waals surface area contributed by atoms with Crippen LogP contribution in [0.4, 0.5) is 0 Å². The largest absolute Gasteiger partial charge is 0.392 e. The molecule has 116 valence electrons. The van der Waals surface area contributed by atoms with Crippen molar-refractivity contribution in [3.63, 3.8) is 0 Å². The Labute approximate surface area is 129 Å². The van der Waals surface area contributed by atoms with Gasteiger partial charge in [0.15, 0.2) is 0 Å². The van der Waals surface area contributed by atoms with Gasteiger partial charge in [0.2, 0.25) is 5.91 Å². The van der Waals surface area contributed by atoms with Crippen LogP contribution in [0.5, 0.6) is 0 Å². The molecule has 1 aromatic carbocycles. The van der Waals surface area contributed by atoms with Crippen LogP contribution in [0.2, 0.25) is 0 Å². The Morgan fingerprint density at radius 3 is 2.91 bits per heavy atom. The normalized spacial score (nSPS) is 21.0. The Morgan fingerprint density at radius 1 is 1.36 bits per heavy atom. The first-order chi connectivity index (χ1) is 10.7. The van der Waals surface area contributed by atoms with Crippen LogP contribution < -0.4 is 10.6 Å². The topological polar surface area (TPSA) is 79.2 Å². The van der Waals surface area contributed by atoms with Crippen molar-refractivity contribution in [2.24, 2.45) is 0 Å². The molecule has 2 atom stereocenters. The van der Waals surface area contributed by atoms with E-state index < -0.39 is 6.10 Å². The lowest BCUT2D eigenvalue weighted by atomic mass is 10.2. The molecular weight excluding hydrogens is 280 g/mol. The standard InChI is InChI=1S/C16H20N4O2/c21-14-6-15(17-9-14)16(22)18-7-13-8-19-20(11-13)10-12-4-2-1-3-5-12/h1-5,8,11,14-15,17,21H,6-7,9-10H2,(H,18,22)/t14-,15-/m0/s1. The van der Waals surface area contributed by atoms with Gasteiger partial charge in [0.25, 0.3) is 0 Å². The van der Waals surface area contributed by atoms with Gasteiger partial charge in [-0.3, -0.25) is 9.48 Å². The lowest BCUT2D eigenvalue weighted by molar-refractivity contribution is -0.123. The summed E-state index contributed by atoms with van der Waals surface area (Å²) >= 11 is 0. The van der Waals surface area contributed by atoms with Crippen molar-refractivity contribution in [3.05, 3.63) is 53.9 Å². The number of aliphatic hydroxyl groups excluding tert-OH is 1. The van der Waals surface area contributed by atoms with Gasteiger partial charge in [-0.15, -0.1) is 0 Å². The first kappa shape index (κ1) is 14.7. The summed E-state index contributed by atoms with van der Waals surface area (Å²) < 4.78 is 1.86. The van der Waals surface area contributed by atoms with E-state index in [1.165, 1.54) is 5.56 Å². The summed E-state index contributed by atoms with van der Waals surface area (Å²) in [5, 5.41) is 19.6. The first-order valence-corrected chi connectivity index (χ1v) is 7.45. The van der Waals surface area contributed by atoms with Crippen molar-refractivity contribution in [1.29, 1.82) is 0 Å². The van der Waals surface area contributed by atoms with E-state index in [-0.39, 0.29) is 11.9 Å². The molecule has 1 aliphatic rings. The summed E-state index contributed by atoms with van der Waals surface area (Å²) in [6.07, 6.45) is 3.74. The maximum atomic E-state index is 12.0. The van der Waals surface area contributed by atoms with Gasteiger partial charge in [0.1, 0.15) is 0 Å². The molecule has 3 N–H and O–H groups in total. The van der Waals surface area contributed by atoms with Crippen molar-refractivity contribution < 1.29 is 9.90 Å². The van der Waals surface area contributed by atoms with Gasteiger partial charge >= 0.3 is 0 Å². The molecule has 1 amide bonds. The fourth-order valence-electron chi connectivity index (χ4n) is 2.58. The van der Waals surface area contributed by atoms with Gasteiger partial charge in [-0.05, 0) is 12.0 Å². The van der Waals surface area contributed by atoms with Crippen LogP contribution in [0.1, 0.15) is 17.5 Å². The van der Waals surface area contributed by atoms with Crippen LogP contribution in [-0.4, -0.2) is 39.5 Å². The summed E-state index contributed by atoms with van der Waals surface area (Å²) in [5.41, 5.74) is 2.15. The number of hydrogen-bond donors (Lipinski definition) is 3. The van der Waals surface area contributed by atoms with Crippen LogP contribution in [0, 0.1) is 0 Å². The average Bonchev–Trinajstić information content (AvgIpc) is 3.15. The summed E-state index contributed by atoms with van der Waals surface area (Å²) in [5.74, 6) is -0.0765. The van der Waals surface area contributed by atoms with Gasteiger partial charge in [-0.1, -0.05) is 30.3 Å². The van der Waals surface area contributed by atoms with E-state index >= 15 is 0 Å². The van der Waals surface area contributed by atoms with Crippen LogP contribution in [0.15, 0.2) is 42.7 Å². The highest BCUT2D eigenvalue weighted by molar-refractivity contribution is 5.82. The van der Waals surface area contributed by atoms with Gasteiger partial charge in [0, 0.05) is 24.8 Å². The van der Waals surface area contributed by atoms with E-state index in [0.717, 1.165) is 5.56 Å². The molecule has 0 spiro atoms. The number of hydrogen-bond acceptors (Lipinski definition) is 4. The van der Waals surface area contributed by atoms with Crippen molar-refractivity contribution in [2.75, 3.05) is 6.54 Å². The molecule has 0 saturated carbocycles. The van der Waals surface area contributed by atoms with Gasteiger partial charge in [0.05, 0.1) is 24.9 Å². The summed E-state index contributed by atoms with van der Waals surface area (Å²) in [6.45, 7) is 1.64. The van der Waals surface area contributed by atoms with Crippen LogP contribution in [0.25, 0.3) is 0 Å². The lowest BCUT2D eigenvalue weighted by Crippen LogP contribution is -2.39. The maximum absolute atomic E-state index is 12.0. The van der Waals surface area contributed by atoms with Crippen LogP contribution in [0.3, 0.4) is 0 Å². The first-order valence-electron chi connectivity index (χ1n) is 7.45. The molecule has 2 heterocycles. The number of carbonyl (C=O) groups excluding carboxylic acids is 1. The van der Waals surface area contributed by atoms with E-state index in [1.54, 1.807) is 6.20 Å². The predicted octanol–water partition coefficient (Wildman–Crippen LogP) is 0.270. The zero-order chi connectivity index (χ0) is 15.4. The van der Waals surface area contributed by atoms with E-state index in [1.807, 2.05) is 29.1 Å². The van der Waals surface area contributed by atoms with Crippen molar-refractivity contribution in [2.45, 2.75) is 31.7 Å². The highest BCUT2D eigenvalue weighted by Gasteiger charge is 2.27. The molecule has 0 bridgehead atoms. The third-order valence-corrected chi connectivity index (χ3v) is 3.77. The Kier molecular flexibility index (Phi) is 4.50. The predicted molar refractivity (Wildman–Crippen MR) is 82.0 cm³/mol. The smallest absolute Gasteiger partial charge is 0.237 e. The van der Waals surface area contributed by atoms with Gasteiger partial charge < -0.3 is 15.7 Å². The van der Waals surface area contributed by atoms with Crippen molar-refractivity contribution >= 4 is 5.91 Å². The molecule has 1 saturated heterocycles. The van der Waals surface area contributed by atoms with E-state index in [0.29, 0.717) is 26.1 Å². The minimum absolute atomic E-state index is 0.0765. The van der Waals surface area contributed by atoms with Crippen LogP contribution in [-0.2, 0) is 17.9 Å². The monoisotopic (exact) mass is 300 g/mol. The molecular formula is C16H20N4O2. The highest BCUT2D eigenvalue weighted by Crippen LogP contribution is 2.07. The number of carbonyl (C=O) groups is 1. The van der Waals surface area contributed by atoms with Crippen LogP contribution >= 0.6 is 0 Å². The SMILES string of the molecule is O=C(NCc1cnn(Cc2ccccc2)c1)[C@@H]1C[C@H](O)CN1. The molecule has 0 unspecified atom stereocenters. The number of amides is 1. The Bertz CT molecular complexity index is 626. The Balaban J connectivity index is 1.50. The van der Waals surface area contributed by atoms with Gasteiger partial charge in [-0.25, -0.2) is 0 Å². The second-order valence-electron chi connectivity index (χ2n) is 5.60. The third-order valence-electron chi connectivity index (χ3n) is 3.77. The Morgan fingerprint density at radius 2 is 2.18 bits per heavy atom. The molecule has 6 heteroatoms. The van der Waals surface area contributed by atoms with E-state index in [9.17, 15) is 9.90 Å². The summed E-state index contributed by atoms with van der Waals surface area (Å²) in [7, 11) is 0. The van der Waals surface area contributed by atoms with E-state index in [2.05, 4.69) is 27.9 Å². The molecule has 6 nitrogen and oxygen atoms in total. The number of rotatable bonds is 5. The number of aliphatic hydroxyl groups is 1. The molecule has 22 heavy (non-hydrogen) atoms. The number of β-amino-alcohol motifs (C(OH)–C–C–N with tert-alkyl or cyclic N) is 1. The molecule has 0 radical (unpaired) electrons. The zero-order valence-electron chi connectivity index (χ0n) is 12.3. The van der Waals surface area contributed by atoms with Gasteiger partial charge in [-0.2, -0.15) is 5.10 Å². The quantitative estimate of drug-likeness (QED) is 0.740. The average molecular weight is 300 g/mol. The Hall–Kier alpha value is -2.18. The number of aromatic nitrogens is 2. The minimum atomic E-state index is -0.427. The third kappa shape index (κ3) is 3.72. The second-order valence-corrected chi connectivity index (χ2v) is 5.60. The maximum Gasteiger partial charge on any atom is 0.237 e. The lowest BCUT2D eigenvalue weighted by Gasteiger charge is -2.09. The molecule has 1 aromatic heterocycles. The number of nitrogens with one attached hydrogen (secondary N) is 2. The highest BCUT2D eigenvalue weighted by atomic mass is 16.3. The molecule has 0 aliphatic carbocycles. The molecule has 1 aliphatic heterocycles. The number of benzene rings is 1. The molecule has 2 aromatic rings. The second kappa shape index (κ2) is 6.72. The molecule has 3 rings (SSSR count). The fourth-order valence-corrected chi connectivity index (χ4v) is 2.58. The fraction of sp³-hybridized carbons (Fsp3) is 0.375. The zero-order valence-corrected chi connectivity index (χ0v) is 12.3.